The summed E-state index contributed by atoms with van der Waals surface area (Å²) in [6, 6.07) is 24.9. The summed E-state index contributed by atoms with van der Waals surface area (Å²) in [6.45, 7) is 24.8. The summed E-state index contributed by atoms with van der Waals surface area (Å²) >= 11 is 0. The maximum absolute atomic E-state index is 15.0. The topological polar surface area (TPSA) is 266 Å². The molecule has 10 atom stereocenters. The molecule has 0 radical (unpaired) electrons. The number of nitrogens with one attached hydrogen (secondary N) is 10. The summed E-state index contributed by atoms with van der Waals surface area (Å²) < 4.78 is 336. The van der Waals surface area contributed by atoms with Crippen molar-refractivity contribution in [2.75, 3.05) is 0 Å². The highest BCUT2D eigenvalue weighted by atomic mass is 19.4. The first-order chi connectivity index (χ1) is 70.3. The van der Waals surface area contributed by atoms with Crippen LogP contribution in [-0.2, 0) is 36.3 Å². The Morgan fingerprint density at radius 1 is 0.340 bits per heavy atom. The van der Waals surface area contributed by atoms with Crippen LogP contribution in [0.15, 0.2) is 182 Å². The third-order valence-electron chi connectivity index (χ3n) is 27.0. The van der Waals surface area contributed by atoms with Crippen molar-refractivity contribution in [2.24, 2.45) is 17.8 Å². The van der Waals surface area contributed by atoms with E-state index in [4.69, 9.17) is 19.7 Å². The maximum atomic E-state index is 15.0. The fraction of sp³-hybridized carbons (Fsp3) is 0.509. The molecule has 0 saturated heterocycles. The molecule has 15 rings (SSSR count). The van der Waals surface area contributed by atoms with Gasteiger partial charge in [-0.1, -0.05) is 141 Å². The van der Waals surface area contributed by atoms with Crippen molar-refractivity contribution in [1.82, 2.24) is 53.2 Å². The molecule has 0 bridgehead atoms. The fourth-order valence-electron chi connectivity index (χ4n) is 17.0. The molecule has 0 aromatic heterocycles. The molecule has 5 amide bonds. The minimum absolute atomic E-state index is 0.185. The molecule has 0 aliphatic heterocycles. The molecule has 0 heterocycles. The van der Waals surface area contributed by atoms with Crippen molar-refractivity contribution in [3.05, 3.63) is 284 Å². The fourth-order valence-corrected chi connectivity index (χ4v) is 17.0. The standard InChI is InChI=1S/C23H24F3N3O.C22H25F6N3O.C22H22F3N3O.C20H21F6N3O.C19H19F6N3O/c1-16(18-7-9-19(24)10-8-18)28-20(21(30)29-22(15-27)11-12-22)14-23(25,26)13-17-5-3-2-4-6-17;1-29-20(11-12-20)31-19(32)17(13-21(24,25)15-5-3-2-4-6-15)30-18(22(26,27)28)14-7-9-16(23)10-8-14;1-15(16-7-9-18(23)10-8-16)27-19(20(29)28-21(14-26)11-12-21)13-22(24,25)17-5-3-2-4-6-17;1-27-19(8-9-19)29-17(30)15(11-18(22,23)10-12-2-3-12)28-16(20(24,25)26)13-4-6-14(21)7-5-13;1-26-17(8-9-17)28-16(29)14(10-18(21,22)12-4-5-12)27-15(19(23,24)25)11-2-6-13(20)7-3-11/h2-10,16,20,28H,11-14H2,1H3,(H,29,30);7-10,15,17-18,30H,2-6,11-13H2,(H,31,32);2-10,15,19,27H,11-13H2,1H3,(H,28,29);4-7,12,15-16,28H,2-3,8-11H2,(H,29,30);2-3,6-7,12,14-15,27H,4-5,8-10H2,(H,28,29)/t16-,20+;17-,18-;15-,19+;15-,16-;14-,15-/m10100/s1. The Kier molecular flexibility index (Phi) is 38.3. The van der Waals surface area contributed by atoms with Crippen LogP contribution >= 0.6 is 0 Å². The van der Waals surface area contributed by atoms with Gasteiger partial charge in [0.05, 0.1) is 80.9 Å². The van der Waals surface area contributed by atoms with E-state index < -0.39 is 269 Å². The molecule has 7 aromatic rings. The number of rotatable bonds is 42. The SMILES string of the molecule is C[C@@H](N[C@@H](CC(F)(F)Cc1ccccc1)C(=O)NC1(C#N)CC1)c1ccc(F)cc1.C[C@@H](N[C@@H](CC(F)(F)c1ccccc1)C(=O)NC1(C#N)CC1)c1ccc(F)cc1.[C-]#[N+]C1(NC(=O)[C@H](CC(F)(F)C2CC2)N[C@@H](c2ccc(F)cc2)C(F)(F)F)CC1.[C-]#[N+]C1(NC(=O)[C@H](CC(F)(F)C2CCCCC2)N[C@@H](c2ccc(F)cc2)C(F)(F)F)CC1.[C-]#[N+]C1(NC(=O)[C@H](CC(F)(F)CC2CC2)N[C@@H](c2ccc(F)cc2)C(F)(F)F)CC1. The van der Waals surface area contributed by atoms with E-state index in [9.17, 15) is 131 Å². The molecular formula is C106H111F24N15O5. The minimum atomic E-state index is -4.92. The monoisotopic (exact) mass is 2130 g/mol. The smallest absolute Gasteiger partial charge is 0.336 e. The average Bonchev–Trinajstić information content (AvgIpc) is 1.71. The van der Waals surface area contributed by atoms with E-state index >= 15 is 8.78 Å². The molecule has 150 heavy (non-hydrogen) atoms. The van der Waals surface area contributed by atoms with Gasteiger partial charge in [-0.3, -0.25) is 81.0 Å². The van der Waals surface area contributed by atoms with Gasteiger partial charge in [-0.2, -0.15) is 50.0 Å². The quantitative estimate of drug-likeness (QED) is 0.0126. The van der Waals surface area contributed by atoms with Gasteiger partial charge in [0.1, 0.15) is 58.3 Å². The van der Waals surface area contributed by atoms with Crippen LogP contribution in [0.25, 0.3) is 14.5 Å². The second-order valence-corrected chi connectivity index (χ2v) is 39.7. The summed E-state index contributed by atoms with van der Waals surface area (Å²) in [4.78, 5) is 73.3. The Morgan fingerprint density at radius 2 is 0.620 bits per heavy atom. The highest BCUT2D eigenvalue weighted by Gasteiger charge is 2.60. The van der Waals surface area contributed by atoms with Gasteiger partial charge >= 0.3 is 35.5 Å². The lowest BCUT2D eigenvalue weighted by molar-refractivity contribution is -0.165. The summed E-state index contributed by atoms with van der Waals surface area (Å²) in [5.41, 5.74) is -5.19. The van der Waals surface area contributed by atoms with Crippen LogP contribution in [0.3, 0.4) is 0 Å². The molecule has 808 valence electrons. The molecule has 8 aliphatic carbocycles. The van der Waals surface area contributed by atoms with E-state index in [2.05, 4.69) is 57.1 Å². The first kappa shape index (κ1) is 118. The molecule has 44 heteroatoms. The predicted octanol–water partition coefficient (Wildman–Crippen LogP) is 23.1. The van der Waals surface area contributed by atoms with E-state index in [-0.39, 0.29) is 37.2 Å². The number of halogens is 24. The van der Waals surface area contributed by atoms with Gasteiger partial charge in [-0.15, -0.1) is 0 Å². The zero-order chi connectivity index (χ0) is 110. The van der Waals surface area contributed by atoms with Gasteiger partial charge in [0, 0.05) is 74.4 Å². The van der Waals surface area contributed by atoms with E-state index in [0.29, 0.717) is 107 Å². The van der Waals surface area contributed by atoms with Crippen molar-refractivity contribution in [2.45, 2.75) is 317 Å². The molecule has 8 saturated carbocycles. The van der Waals surface area contributed by atoms with Crippen LogP contribution in [-0.4, -0.2) is 130 Å². The third kappa shape index (κ3) is 35.3. The van der Waals surface area contributed by atoms with Crippen molar-refractivity contribution in [3.8, 4) is 12.1 Å². The number of hydrogen-bond donors (Lipinski definition) is 10. The largest absolute Gasteiger partial charge is 0.407 e. The van der Waals surface area contributed by atoms with Crippen LogP contribution in [0.4, 0.5) is 105 Å². The van der Waals surface area contributed by atoms with E-state index in [1.807, 2.05) is 22.8 Å². The number of alkyl halides is 19. The normalized spacial score (nSPS) is 19.1. The molecule has 0 spiro atoms. The predicted molar refractivity (Wildman–Crippen MR) is 501 cm³/mol. The Bertz CT molecular complexity index is 5910. The van der Waals surface area contributed by atoms with Gasteiger partial charge in [0.25, 0.3) is 23.7 Å². The lowest BCUT2D eigenvalue weighted by Gasteiger charge is -2.34. The van der Waals surface area contributed by atoms with Crippen LogP contribution < -0.4 is 53.2 Å². The molecule has 8 aliphatic rings. The zero-order valence-corrected chi connectivity index (χ0v) is 81.1. The number of hydrogen-bond acceptors (Lipinski definition) is 12. The molecule has 10 N–H and O–H groups in total. The Balaban J connectivity index is 0.000000178. The third-order valence-corrected chi connectivity index (χ3v) is 27.0. The first-order valence-corrected chi connectivity index (χ1v) is 48.7. The molecular weight excluding hydrogens is 2020 g/mol. The van der Waals surface area contributed by atoms with Crippen molar-refractivity contribution in [1.29, 1.82) is 10.5 Å². The molecule has 20 nitrogen and oxygen atoms in total. The van der Waals surface area contributed by atoms with Crippen molar-refractivity contribution in [3.63, 3.8) is 0 Å². The van der Waals surface area contributed by atoms with Gasteiger partial charge < -0.3 is 10.6 Å². The molecule has 8 fully saturated rings. The highest BCUT2D eigenvalue weighted by Crippen LogP contribution is 2.50. The zero-order valence-electron chi connectivity index (χ0n) is 81.1. The second kappa shape index (κ2) is 48.8. The van der Waals surface area contributed by atoms with E-state index in [1.54, 1.807) is 62.4 Å². The number of carbonyl (C=O) groups excluding carboxylic acids is 5. The van der Waals surface area contributed by atoms with E-state index in [1.165, 1.54) is 60.7 Å². The lowest BCUT2D eigenvalue weighted by Crippen LogP contribution is -2.54. The van der Waals surface area contributed by atoms with Crippen LogP contribution in [0.5, 0.6) is 0 Å². The van der Waals surface area contributed by atoms with E-state index in [0.717, 1.165) is 79.2 Å². The van der Waals surface area contributed by atoms with Crippen LogP contribution in [0, 0.1) is 89.2 Å². The number of amides is 5. The Morgan fingerprint density at radius 3 is 0.907 bits per heavy atom. The molecule has 0 unspecified atom stereocenters. The minimum Gasteiger partial charge on any atom is -0.336 e. The van der Waals surface area contributed by atoms with Crippen LogP contribution in [0.2, 0.25) is 0 Å². The highest BCUT2D eigenvalue weighted by molar-refractivity contribution is 5.86. The summed E-state index contributed by atoms with van der Waals surface area (Å²) in [6.07, 6.45) is -12.4. The first-order valence-electron chi connectivity index (χ1n) is 48.7. The number of benzene rings is 7. The number of carbonyl (C=O) groups is 5. The van der Waals surface area contributed by atoms with Gasteiger partial charge in [0.15, 0.2) is 0 Å². The Labute approximate surface area is 850 Å². The maximum Gasteiger partial charge on any atom is 0.407 e. The lowest BCUT2D eigenvalue weighted by atomic mass is 9.82. The van der Waals surface area contributed by atoms with Crippen molar-refractivity contribution >= 4 is 29.5 Å². The van der Waals surface area contributed by atoms with Crippen LogP contribution in [0.1, 0.15) is 244 Å². The van der Waals surface area contributed by atoms with Gasteiger partial charge in [-0.25, -0.2) is 85.6 Å². The van der Waals surface area contributed by atoms with Gasteiger partial charge in [0.2, 0.25) is 35.5 Å². The summed E-state index contributed by atoms with van der Waals surface area (Å²) in [7, 11) is 0. The van der Waals surface area contributed by atoms with Crippen molar-refractivity contribution < 1.29 is 129 Å². The molecule has 7 aromatic carbocycles. The Hall–Kier alpha value is -12.5. The van der Waals surface area contributed by atoms with Gasteiger partial charge in [-0.05, 0) is 178 Å². The second-order valence-electron chi connectivity index (χ2n) is 39.7. The summed E-state index contributed by atoms with van der Waals surface area (Å²) in [5.74, 6) is -26.1. The summed E-state index contributed by atoms with van der Waals surface area (Å²) in [5, 5.41) is 42.6. The number of nitrogens with zero attached hydrogens (tertiary/aromatic N) is 5. The number of nitriles is 2. The average molecular weight is 2130 g/mol.